The van der Waals surface area contributed by atoms with Crippen LogP contribution in [0.2, 0.25) is 0 Å². The molecule has 0 unspecified atom stereocenters. The second kappa shape index (κ2) is 5.56. The number of para-hydroxylation sites is 1. The molecule has 108 valence electrons. The maximum Gasteiger partial charge on any atom is 0.422 e. The van der Waals surface area contributed by atoms with Gasteiger partial charge in [0.2, 0.25) is 0 Å². The Balaban J connectivity index is 2.39. The zero-order valence-electron chi connectivity index (χ0n) is 11.0. The normalized spacial score (nSPS) is 11.8. The van der Waals surface area contributed by atoms with Gasteiger partial charge in [-0.2, -0.15) is 13.2 Å². The molecule has 0 radical (unpaired) electrons. The van der Waals surface area contributed by atoms with Crippen LogP contribution >= 0.6 is 0 Å². The van der Waals surface area contributed by atoms with Gasteiger partial charge in [0.25, 0.3) is 0 Å². The number of nitrogens with zero attached hydrogens (tertiary/aromatic N) is 1. The predicted molar refractivity (Wildman–Crippen MR) is 71.7 cm³/mol. The van der Waals surface area contributed by atoms with Crippen molar-refractivity contribution in [2.24, 2.45) is 0 Å². The molecule has 0 aliphatic rings. The summed E-state index contributed by atoms with van der Waals surface area (Å²) in [6.07, 6.45) is -2.68. The van der Waals surface area contributed by atoms with E-state index in [0.717, 1.165) is 23.8 Å². The third-order valence-corrected chi connectivity index (χ3v) is 2.83. The standard InChI is InChI=1S/C14H15F3N2O/c1-2-4-10-7-9-5-3-6-11(12(9)19-13(10)18)20-8-14(15,16)17/h3,5-7H,2,4,8H2,1H3,(H2,18,19). The van der Waals surface area contributed by atoms with Gasteiger partial charge in [0.1, 0.15) is 17.1 Å². The number of aromatic nitrogens is 1. The average Bonchev–Trinajstić information content (AvgIpc) is 2.37. The first-order chi connectivity index (χ1) is 9.40. The van der Waals surface area contributed by atoms with E-state index in [-0.39, 0.29) is 5.75 Å². The summed E-state index contributed by atoms with van der Waals surface area (Å²) in [5.41, 5.74) is 7.09. The Morgan fingerprint density at radius 2 is 2.05 bits per heavy atom. The highest BCUT2D eigenvalue weighted by molar-refractivity contribution is 5.86. The largest absolute Gasteiger partial charge is 0.482 e. The van der Waals surface area contributed by atoms with Crippen molar-refractivity contribution in [3.63, 3.8) is 0 Å². The number of nitrogens with two attached hydrogens (primary N) is 1. The summed E-state index contributed by atoms with van der Waals surface area (Å²) in [5.74, 6) is 0.428. The molecular weight excluding hydrogens is 269 g/mol. The summed E-state index contributed by atoms with van der Waals surface area (Å²) in [4.78, 5) is 4.18. The van der Waals surface area contributed by atoms with Crippen LogP contribution in [-0.2, 0) is 6.42 Å². The van der Waals surface area contributed by atoms with Crippen molar-refractivity contribution < 1.29 is 17.9 Å². The number of halogens is 3. The SMILES string of the molecule is CCCc1cc2cccc(OCC(F)(F)F)c2nc1N. The lowest BCUT2D eigenvalue weighted by Crippen LogP contribution is -2.19. The highest BCUT2D eigenvalue weighted by Gasteiger charge is 2.28. The number of hydrogen-bond acceptors (Lipinski definition) is 3. The van der Waals surface area contributed by atoms with Crippen molar-refractivity contribution in [1.82, 2.24) is 4.98 Å². The smallest absolute Gasteiger partial charge is 0.422 e. The summed E-state index contributed by atoms with van der Waals surface area (Å²) in [6.45, 7) is 0.677. The van der Waals surface area contributed by atoms with Crippen molar-refractivity contribution in [1.29, 1.82) is 0 Å². The molecule has 3 nitrogen and oxygen atoms in total. The zero-order chi connectivity index (χ0) is 14.8. The van der Waals surface area contributed by atoms with E-state index in [1.807, 2.05) is 13.0 Å². The van der Waals surface area contributed by atoms with Gasteiger partial charge in [-0.25, -0.2) is 4.98 Å². The monoisotopic (exact) mass is 284 g/mol. The van der Waals surface area contributed by atoms with Crippen LogP contribution < -0.4 is 10.5 Å². The van der Waals surface area contributed by atoms with Crippen LogP contribution in [0.5, 0.6) is 5.75 Å². The van der Waals surface area contributed by atoms with Crippen molar-refractivity contribution in [2.75, 3.05) is 12.3 Å². The Hall–Kier alpha value is -1.98. The molecule has 2 N–H and O–H groups in total. The lowest BCUT2D eigenvalue weighted by Gasteiger charge is -2.12. The summed E-state index contributed by atoms with van der Waals surface area (Å²) in [6, 6.07) is 6.73. The molecule has 1 heterocycles. The number of anilines is 1. The molecule has 0 amide bonds. The highest BCUT2D eigenvalue weighted by atomic mass is 19.4. The fourth-order valence-corrected chi connectivity index (χ4v) is 1.97. The van der Waals surface area contributed by atoms with E-state index < -0.39 is 12.8 Å². The van der Waals surface area contributed by atoms with Gasteiger partial charge in [-0.3, -0.25) is 0 Å². The summed E-state index contributed by atoms with van der Waals surface area (Å²) >= 11 is 0. The number of alkyl halides is 3. The van der Waals surface area contributed by atoms with Gasteiger partial charge in [0.05, 0.1) is 0 Å². The molecule has 0 fully saturated rings. The fraction of sp³-hybridized carbons (Fsp3) is 0.357. The molecule has 0 bridgehead atoms. The number of aryl methyl sites for hydroxylation is 1. The minimum absolute atomic E-state index is 0.0922. The Labute approximate surface area is 114 Å². The number of ether oxygens (including phenoxy) is 1. The maximum atomic E-state index is 12.2. The van der Waals surface area contributed by atoms with E-state index in [0.29, 0.717) is 11.3 Å². The first-order valence-electron chi connectivity index (χ1n) is 6.28. The van der Waals surface area contributed by atoms with E-state index in [1.165, 1.54) is 6.07 Å². The van der Waals surface area contributed by atoms with Crippen LogP contribution in [-0.4, -0.2) is 17.8 Å². The summed E-state index contributed by atoms with van der Waals surface area (Å²) in [5, 5.41) is 0.724. The van der Waals surface area contributed by atoms with E-state index in [4.69, 9.17) is 10.5 Å². The highest BCUT2D eigenvalue weighted by Crippen LogP contribution is 2.28. The Morgan fingerprint density at radius 1 is 1.30 bits per heavy atom. The Bertz CT molecular complexity index is 611. The Morgan fingerprint density at radius 3 is 2.70 bits per heavy atom. The van der Waals surface area contributed by atoms with E-state index in [9.17, 15) is 13.2 Å². The molecule has 0 saturated heterocycles. The van der Waals surface area contributed by atoms with Crippen LogP contribution in [0.3, 0.4) is 0 Å². The first-order valence-corrected chi connectivity index (χ1v) is 6.28. The van der Waals surface area contributed by atoms with Gasteiger partial charge in [-0.1, -0.05) is 25.5 Å². The predicted octanol–water partition coefficient (Wildman–Crippen LogP) is 3.71. The average molecular weight is 284 g/mol. The number of fused-ring (bicyclic) bond motifs is 1. The van der Waals surface area contributed by atoms with E-state index in [2.05, 4.69) is 4.98 Å². The van der Waals surface area contributed by atoms with Gasteiger partial charge in [0.15, 0.2) is 6.61 Å². The molecular formula is C14H15F3N2O. The lowest BCUT2D eigenvalue weighted by atomic mass is 10.1. The quantitative estimate of drug-likeness (QED) is 0.931. The maximum absolute atomic E-state index is 12.2. The molecule has 6 heteroatoms. The van der Waals surface area contributed by atoms with E-state index >= 15 is 0 Å². The number of benzene rings is 1. The van der Waals surface area contributed by atoms with Gasteiger partial charge >= 0.3 is 6.18 Å². The molecule has 1 aromatic carbocycles. The summed E-state index contributed by atoms with van der Waals surface area (Å²) < 4.78 is 41.4. The molecule has 0 aliphatic heterocycles. The second-order valence-corrected chi connectivity index (χ2v) is 4.51. The minimum atomic E-state index is -4.38. The van der Waals surface area contributed by atoms with Crippen molar-refractivity contribution in [2.45, 2.75) is 25.9 Å². The molecule has 0 saturated carbocycles. The third-order valence-electron chi connectivity index (χ3n) is 2.83. The minimum Gasteiger partial charge on any atom is -0.482 e. The van der Waals surface area contributed by atoms with Crippen LogP contribution in [0.1, 0.15) is 18.9 Å². The van der Waals surface area contributed by atoms with Crippen LogP contribution in [0.4, 0.5) is 19.0 Å². The molecule has 2 aromatic rings. The van der Waals surface area contributed by atoms with Crippen LogP contribution in [0, 0.1) is 0 Å². The van der Waals surface area contributed by atoms with Crippen molar-refractivity contribution in [3.05, 3.63) is 29.8 Å². The third kappa shape index (κ3) is 3.31. The van der Waals surface area contributed by atoms with Gasteiger partial charge in [-0.05, 0) is 24.1 Å². The van der Waals surface area contributed by atoms with Crippen molar-refractivity contribution in [3.8, 4) is 5.75 Å². The fourth-order valence-electron chi connectivity index (χ4n) is 1.97. The number of nitrogen functional groups attached to an aromatic ring is 1. The number of pyridine rings is 1. The van der Waals surface area contributed by atoms with Gasteiger partial charge in [-0.15, -0.1) is 0 Å². The van der Waals surface area contributed by atoms with Crippen molar-refractivity contribution >= 4 is 16.7 Å². The molecule has 1 aromatic heterocycles. The summed E-state index contributed by atoms with van der Waals surface area (Å²) in [7, 11) is 0. The lowest BCUT2D eigenvalue weighted by molar-refractivity contribution is -0.153. The molecule has 0 spiro atoms. The topological polar surface area (TPSA) is 48.1 Å². The zero-order valence-corrected chi connectivity index (χ0v) is 11.0. The molecule has 20 heavy (non-hydrogen) atoms. The molecule has 0 atom stereocenters. The van der Waals surface area contributed by atoms with Gasteiger partial charge in [0, 0.05) is 5.39 Å². The van der Waals surface area contributed by atoms with Gasteiger partial charge < -0.3 is 10.5 Å². The molecule has 2 rings (SSSR count). The second-order valence-electron chi connectivity index (χ2n) is 4.51. The Kier molecular flexibility index (Phi) is 4.01. The number of rotatable bonds is 4. The van der Waals surface area contributed by atoms with Crippen LogP contribution in [0.25, 0.3) is 10.9 Å². The van der Waals surface area contributed by atoms with E-state index in [1.54, 1.807) is 12.1 Å². The van der Waals surface area contributed by atoms with Crippen LogP contribution in [0.15, 0.2) is 24.3 Å². The number of hydrogen-bond donors (Lipinski definition) is 1. The first kappa shape index (κ1) is 14.4. The molecule has 0 aliphatic carbocycles.